The number of nitrogens with two attached hydrogens (primary N) is 1. The number of halogens is 2. The van der Waals surface area contributed by atoms with E-state index in [1.165, 1.54) is 6.92 Å². The molecule has 1 rings (SSSR count). The Balaban J connectivity index is 2.68. The predicted octanol–water partition coefficient (Wildman–Crippen LogP) is 1.51. The molecule has 0 aromatic carbocycles. The van der Waals surface area contributed by atoms with Crippen molar-refractivity contribution in [3.8, 4) is 0 Å². The first-order valence-electron chi connectivity index (χ1n) is 3.91. The molecule has 0 aliphatic rings. The lowest BCUT2D eigenvalue weighted by atomic mass is 9.98. The molecule has 1 heterocycles. The topological polar surface area (TPSA) is 52.0 Å². The maximum absolute atomic E-state index is 12.3. The Bertz CT molecular complexity index is 283. The fourth-order valence-corrected chi connectivity index (χ4v) is 0.952. The van der Waals surface area contributed by atoms with Crippen LogP contribution in [-0.2, 0) is 6.42 Å². The summed E-state index contributed by atoms with van der Waals surface area (Å²) in [5.41, 5.74) is 4.48. The van der Waals surface area contributed by atoms with E-state index in [9.17, 15) is 8.78 Å². The summed E-state index contributed by atoms with van der Waals surface area (Å²) in [7, 11) is 0. The van der Waals surface area contributed by atoms with Crippen LogP contribution >= 0.6 is 0 Å². The van der Waals surface area contributed by atoms with Crippen LogP contribution in [0, 0.1) is 6.92 Å². The monoisotopic (exact) mass is 190 g/mol. The lowest BCUT2D eigenvalue weighted by molar-refractivity contribution is 0.0601. The van der Waals surface area contributed by atoms with Crippen LogP contribution in [0.3, 0.4) is 0 Å². The van der Waals surface area contributed by atoms with Crippen LogP contribution in [0.15, 0.2) is 10.6 Å². The normalized spacial score (nSPS) is 16.2. The van der Waals surface area contributed by atoms with Crippen LogP contribution in [0.2, 0.25) is 0 Å². The number of rotatable bonds is 3. The summed E-state index contributed by atoms with van der Waals surface area (Å²) in [5.74, 6) is 0.391. The second-order valence-corrected chi connectivity index (χ2v) is 3.42. The molecule has 0 saturated carbocycles. The Morgan fingerprint density at radius 3 is 2.69 bits per heavy atom. The number of hydrogen-bond acceptors (Lipinski definition) is 3. The number of nitrogens with zero attached hydrogens (tertiary/aromatic N) is 1. The maximum atomic E-state index is 12.3. The van der Waals surface area contributed by atoms with Crippen molar-refractivity contribution in [2.45, 2.75) is 32.2 Å². The first kappa shape index (κ1) is 10.1. The van der Waals surface area contributed by atoms with Crippen molar-refractivity contribution in [2.75, 3.05) is 0 Å². The number of hydrogen-bond donors (Lipinski definition) is 1. The number of aryl methyl sites for hydroxylation is 1. The van der Waals surface area contributed by atoms with Gasteiger partial charge >= 0.3 is 0 Å². The standard InChI is InChI=1S/C8H12F2N2O/c1-5-3-6(13-12-5)4-8(2,11)7(9)10/h3,7H,4,11H2,1-2H3. The third-order valence-electron chi connectivity index (χ3n) is 1.73. The van der Waals surface area contributed by atoms with E-state index < -0.39 is 12.0 Å². The van der Waals surface area contributed by atoms with Crippen LogP contribution in [0.5, 0.6) is 0 Å². The van der Waals surface area contributed by atoms with Crippen molar-refractivity contribution in [3.63, 3.8) is 0 Å². The molecule has 1 aromatic heterocycles. The van der Waals surface area contributed by atoms with Crippen molar-refractivity contribution < 1.29 is 13.3 Å². The molecule has 0 radical (unpaired) electrons. The fourth-order valence-electron chi connectivity index (χ4n) is 0.952. The molecule has 0 aliphatic carbocycles. The molecule has 2 N–H and O–H groups in total. The minimum absolute atomic E-state index is 0.00843. The van der Waals surface area contributed by atoms with Gasteiger partial charge in [0.05, 0.1) is 11.2 Å². The van der Waals surface area contributed by atoms with Crippen molar-refractivity contribution in [2.24, 2.45) is 5.73 Å². The molecule has 0 bridgehead atoms. The predicted molar refractivity (Wildman–Crippen MR) is 43.5 cm³/mol. The van der Waals surface area contributed by atoms with E-state index in [-0.39, 0.29) is 6.42 Å². The molecule has 0 spiro atoms. The lowest BCUT2D eigenvalue weighted by Gasteiger charge is -2.21. The summed E-state index contributed by atoms with van der Waals surface area (Å²) in [6.07, 6.45) is -2.58. The highest BCUT2D eigenvalue weighted by molar-refractivity contribution is 5.07. The smallest absolute Gasteiger partial charge is 0.256 e. The summed E-state index contributed by atoms with van der Waals surface area (Å²) < 4.78 is 29.4. The summed E-state index contributed by atoms with van der Waals surface area (Å²) in [6.45, 7) is 3.01. The molecule has 5 heteroatoms. The van der Waals surface area contributed by atoms with E-state index in [1.54, 1.807) is 13.0 Å². The summed E-state index contributed by atoms with van der Waals surface area (Å²) in [4.78, 5) is 0. The van der Waals surface area contributed by atoms with Crippen LogP contribution in [0.4, 0.5) is 8.78 Å². The Morgan fingerprint density at radius 2 is 2.31 bits per heavy atom. The molecular formula is C8H12F2N2O. The average Bonchev–Trinajstić information content (AvgIpc) is 2.34. The SMILES string of the molecule is Cc1cc(CC(C)(N)C(F)F)on1. The van der Waals surface area contributed by atoms with Crippen LogP contribution in [0.25, 0.3) is 0 Å². The van der Waals surface area contributed by atoms with Gasteiger partial charge in [0.25, 0.3) is 6.43 Å². The average molecular weight is 190 g/mol. The molecule has 0 saturated heterocycles. The van der Waals surface area contributed by atoms with Gasteiger partial charge in [0, 0.05) is 12.5 Å². The lowest BCUT2D eigenvalue weighted by Crippen LogP contribution is -2.45. The molecule has 0 aliphatic heterocycles. The molecule has 74 valence electrons. The van der Waals surface area contributed by atoms with Gasteiger partial charge in [0.1, 0.15) is 5.76 Å². The Hall–Kier alpha value is -0.970. The van der Waals surface area contributed by atoms with Gasteiger partial charge in [-0.3, -0.25) is 0 Å². The third-order valence-corrected chi connectivity index (χ3v) is 1.73. The summed E-state index contributed by atoms with van der Waals surface area (Å²) in [5, 5.41) is 3.58. The third kappa shape index (κ3) is 2.48. The van der Waals surface area contributed by atoms with Gasteiger partial charge < -0.3 is 10.3 Å². The van der Waals surface area contributed by atoms with E-state index in [0.29, 0.717) is 11.5 Å². The van der Waals surface area contributed by atoms with Gasteiger partial charge in [-0.2, -0.15) is 0 Å². The molecule has 0 amide bonds. The molecule has 0 fully saturated rings. The first-order valence-corrected chi connectivity index (χ1v) is 3.91. The Morgan fingerprint density at radius 1 is 1.69 bits per heavy atom. The first-order chi connectivity index (χ1) is 5.92. The number of aromatic nitrogens is 1. The maximum Gasteiger partial charge on any atom is 0.256 e. The number of alkyl halides is 2. The zero-order chi connectivity index (χ0) is 10.1. The minimum Gasteiger partial charge on any atom is -0.361 e. The Kier molecular flexibility index (Phi) is 2.66. The highest BCUT2D eigenvalue weighted by Crippen LogP contribution is 2.18. The second-order valence-electron chi connectivity index (χ2n) is 3.42. The second kappa shape index (κ2) is 3.41. The quantitative estimate of drug-likeness (QED) is 0.785. The van der Waals surface area contributed by atoms with Crippen LogP contribution < -0.4 is 5.73 Å². The zero-order valence-corrected chi connectivity index (χ0v) is 7.55. The summed E-state index contributed by atoms with van der Waals surface area (Å²) in [6, 6.07) is 1.60. The zero-order valence-electron chi connectivity index (χ0n) is 7.55. The van der Waals surface area contributed by atoms with E-state index in [0.717, 1.165) is 0 Å². The molecule has 13 heavy (non-hydrogen) atoms. The van der Waals surface area contributed by atoms with E-state index in [1.807, 2.05) is 0 Å². The fraction of sp³-hybridized carbons (Fsp3) is 0.625. The van der Waals surface area contributed by atoms with Crippen molar-refractivity contribution >= 4 is 0 Å². The van der Waals surface area contributed by atoms with Gasteiger partial charge in [-0.05, 0) is 13.8 Å². The van der Waals surface area contributed by atoms with Gasteiger partial charge in [0.2, 0.25) is 0 Å². The van der Waals surface area contributed by atoms with Gasteiger partial charge in [-0.1, -0.05) is 5.16 Å². The van der Waals surface area contributed by atoms with E-state index >= 15 is 0 Å². The minimum atomic E-state index is -2.57. The van der Waals surface area contributed by atoms with E-state index in [2.05, 4.69) is 5.16 Å². The largest absolute Gasteiger partial charge is 0.361 e. The molecule has 3 nitrogen and oxygen atoms in total. The molecule has 1 unspecified atom stereocenters. The molecule has 1 atom stereocenters. The summed E-state index contributed by atoms with van der Waals surface area (Å²) >= 11 is 0. The van der Waals surface area contributed by atoms with Gasteiger partial charge in [-0.25, -0.2) is 8.78 Å². The van der Waals surface area contributed by atoms with Crippen molar-refractivity contribution in [1.82, 2.24) is 5.16 Å². The van der Waals surface area contributed by atoms with Crippen molar-refractivity contribution in [1.29, 1.82) is 0 Å². The van der Waals surface area contributed by atoms with Crippen molar-refractivity contribution in [3.05, 3.63) is 17.5 Å². The molecular weight excluding hydrogens is 178 g/mol. The van der Waals surface area contributed by atoms with Crippen LogP contribution in [-0.4, -0.2) is 17.1 Å². The molecule has 1 aromatic rings. The van der Waals surface area contributed by atoms with Crippen LogP contribution in [0.1, 0.15) is 18.4 Å². The van der Waals surface area contributed by atoms with E-state index in [4.69, 9.17) is 10.3 Å². The van der Waals surface area contributed by atoms with Gasteiger partial charge in [0.15, 0.2) is 0 Å². The highest BCUT2D eigenvalue weighted by atomic mass is 19.3. The Labute approximate surface area is 74.9 Å². The van der Waals surface area contributed by atoms with Gasteiger partial charge in [-0.15, -0.1) is 0 Å². The highest BCUT2D eigenvalue weighted by Gasteiger charge is 2.31.